The zero-order valence-electron chi connectivity index (χ0n) is 13.2. The van der Waals surface area contributed by atoms with Crippen LogP contribution in [0.2, 0.25) is 0 Å². The second kappa shape index (κ2) is 8.73. The minimum atomic E-state index is -0.237. The number of rotatable bonds is 7. The summed E-state index contributed by atoms with van der Waals surface area (Å²) in [6.45, 7) is 2.17. The van der Waals surface area contributed by atoms with Gasteiger partial charge in [0, 0.05) is 26.7 Å². The Kier molecular flexibility index (Phi) is 6.65. The van der Waals surface area contributed by atoms with Crippen LogP contribution in [0.3, 0.4) is 0 Å². The SMILES string of the molecule is CN(CCC[C@@H]1CCCO1)C(=O)NCCc1ccc(F)cc1. The molecule has 2 rings (SSSR count). The minimum Gasteiger partial charge on any atom is -0.378 e. The third-order valence-electron chi connectivity index (χ3n) is 3.99. The van der Waals surface area contributed by atoms with Crippen molar-refractivity contribution in [3.05, 3.63) is 35.6 Å². The zero-order valence-corrected chi connectivity index (χ0v) is 13.2. The molecule has 1 aromatic rings. The molecule has 4 nitrogen and oxygen atoms in total. The molecular weight excluding hydrogens is 283 g/mol. The molecule has 0 radical (unpaired) electrons. The van der Waals surface area contributed by atoms with Gasteiger partial charge in [0.25, 0.3) is 0 Å². The van der Waals surface area contributed by atoms with E-state index in [0.717, 1.165) is 44.4 Å². The summed E-state index contributed by atoms with van der Waals surface area (Å²) in [6.07, 6.45) is 5.38. The van der Waals surface area contributed by atoms with E-state index in [1.54, 1.807) is 17.0 Å². The number of ether oxygens (including phenoxy) is 1. The topological polar surface area (TPSA) is 41.6 Å². The Morgan fingerprint density at radius 2 is 2.18 bits per heavy atom. The molecule has 0 unspecified atom stereocenters. The summed E-state index contributed by atoms with van der Waals surface area (Å²) in [5, 5.41) is 2.89. The first kappa shape index (κ1) is 16.7. The molecule has 122 valence electrons. The fourth-order valence-electron chi connectivity index (χ4n) is 2.63. The lowest BCUT2D eigenvalue weighted by Gasteiger charge is -2.19. The van der Waals surface area contributed by atoms with E-state index in [9.17, 15) is 9.18 Å². The van der Waals surface area contributed by atoms with Crippen molar-refractivity contribution < 1.29 is 13.9 Å². The minimum absolute atomic E-state index is 0.0607. The number of carbonyl (C=O) groups is 1. The first-order chi connectivity index (χ1) is 10.6. The van der Waals surface area contributed by atoms with Gasteiger partial charge in [0.2, 0.25) is 0 Å². The van der Waals surface area contributed by atoms with Crippen molar-refractivity contribution in [2.45, 2.75) is 38.2 Å². The maximum Gasteiger partial charge on any atom is 0.317 e. The summed E-state index contributed by atoms with van der Waals surface area (Å²) in [5.41, 5.74) is 1.02. The zero-order chi connectivity index (χ0) is 15.8. The van der Waals surface area contributed by atoms with Crippen molar-refractivity contribution in [3.8, 4) is 0 Å². The number of nitrogens with zero attached hydrogens (tertiary/aromatic N) is 1. The Balaban J connectivity index is 1.58. The van der Waals surface area contributed by atoms with Crippen molar-refractivity contribution in [1.82, 2.24) is 10.2 Å². The van der Waals surface area contributed by atoms with E-state index >= 15 is 0 Å². The lowest BCUT2D eigenvalue weighted by Crippen LogP contribution is -2.38. The fraction of sp³-hybridized carbons (Fsp3) is 0.588. The summed E-state index contributed by atoms with van der Waals surface area (Å²) in [6, 6.07) is 6.30. The summed E-state index contributed by atoms with van der Waals surface area (Å²) in [7, 11) is 1.81. The Morgan fingerprint density at radius 3 is 2.86 bits per heavy atom. The van der Waals surface area contributed by atoms with Crippen LogP contribution in [0.4, 0.5) is 9.18 Å². The Labute approximate surface area is 131 Å². The smallest absolute Gasteiger partial charge is 0.317 e. The van der Waals surface area contributed by atoms with Gasteiger partial charge in [-0.25, -0.2) is 9.18 Å². The van der Waals surface area contributed by atoms with Gasteiger partial charge in [-0.05, 0) is 49.8 Å². The van der Waals surface area contributed by atoms with Crippen LogP contribution >= 0.6 is 0 Å². The summed E-state index contributed by atoms with van der Waals surface area (Å²) >= 11 is 0. The second-order valence-electron chi connectivity index (χ2n) is 5.81. The maximum atomic E-state index is 12.8. The van der Waals surface area contributed by atoms with Crippen molar-refractivity contribution in [2.75, 3.05) is 26.7 Å². The maximum absolute atomic E-state index is 12.8. The highest BCUT2D eigenvalue weighted by atomic mass is 19.1. The van der Waals surface area contributed by atoms with Gasteiger partial charge in [-0.15, -0.1) is 0 Å². The summed E-state index contributed by atoms with van der Waals surface area (Å²) in [5.74, 6) is -0.237. The van der Waals surface area contributed by atoms with Gasteiger partial charge in [0.15, 0.2) is 0 Å². The van der Waals surface area contributed by atoms with Gasteiger partial charge < -0.3 is 15.0 Å². The molecule has 1 fully saturated rings. The number of halogens is 1. The highest BCUT2D eigenvalue weighted by Gasteiger charge is 2.15. The Hall–Kier alpha value is -1.62. The normalized spacial score (nSPS) is 17.5. The summed E-state index contributed by atoms with van der Waals surface area (Å²) < 4.78 is 18.4. The molecule has 1 heterocycles. The van der Waals surface area contributed by atoms with Crippen molar-refractivity contribution in [1.29, 1.82) is 0 Å². The highest BCUT2D eigenvalue weighted by molar-refractivity contribution is 5.73. The van der Waals surface area contributed by atoms with E-state index < -0.39 is 0 Å². The van der Waals surface area contributed by atoms with Crippen LogP contribution in [0, 0.1) is 5.82 Å². The molecule has 1 N–H and O–H groups in total. The predicted octanol–water partition coefficient (Wildman–Crippen LogP) is 2.97. The van der Waals surface area contributed by atoms with E-state index in [2.05, 4.69) is 5.32 Å². The van der Waals surface area contributed by atoms with E-state index in [0.29, 0.717) is 19.1 Å². The quantitative estimate of drug-likeness (QED) is 0.841. The largest absolute Gasteiger partial charge is 0.378 e. The number of amides is 2. The molecular formula is C17H25FN2O2. The molecule has 1 aromatic carbocycles. The highest BCUT2D eigenvalue weighted by Crippen LogP contribution is 2.16. The Bertz CT molecular complexity index is 458. The van der Waals surface area contributed by atoms with Gasteiger partial charge in [0.05, 0.1) is 6.10 Å². The molecule has 0 saturated carbocycles. The van der Waals surface area contributed by atoms with Gasteiger partial charge in [-0.2, -0.15) is 0 Å². The standard InChI is InChI=1S/C17H25FN2O2/c1-20(12-2-4-16-5-3-13-22-16)17(21)19-11-10-14-6-8-15(18)9-7-14/h6-9,16H,2-5,10-13H2,1H3,(H,19,21)/t16-/m1/s1. The van der Waals surface area contributed by atoms with Crippen molar-refractivity contribution in [2.24, 2.45) is 0 Å². The van der Waals surface area contributed by atoms with Gasteiger partial charge >= 0.3 is 6.03 Å². The number of hydrogen-bond donors (Lipinski definition) is 1. The molecule has 0 bridgehead atoms. The number of benzene rings is 1. The van der Waals surface area contributed by atoms with E-state index in [1.165, 1.54) is 12.1 Å². The molecule has 1 atom stereocenters. The summed E-state index contributed by atoms with van der Waals surface area (Å²) in [4.78, 5) is 13.6. The van der Waals surface area contributed by atoms with Crippen LogP contribution in [-0.2, 0) is 11.2 Å². The van der Waals surface area contributed by atoms with Gasteiger partial charge in [0.1, 0.15) is 5.82 Å². The Morgan fingerprint density at radius 1 is 1.41 bits per heavy atom. The molecule has 1 saturated heterocycles. The molecule has 22 heavy (non-hydrogen) atoms. The van der Waals surface area contributed by atoms with E-state index in [1.807, 2.05) is 7.05 Å². The molecule has 2 amide bonds. The lowest BCUT2D eigenvalue weighted by molar-refractivity contribution is 0.100. The van der Waals surface area contributed by atoms with Gasteiger partial charge in [-0.3, -0.25) is 0 Å². The van der Waals surface area contributed by atoms with Crippen molar-refractivity contribution in [3.63, 3.8) is 0 Å². The van der Waals surface area contributed by atoms with E-state index in [-0.39, 0.29) is 11.8 Å². The molecule has 0 aromatic heterocycles. The number of carbonyl (C=O) groups excluding carboxylic acids is 1. The predicted molar refractivity (Wildman–Crippen MR) is 84.3 cm³/mol. The average molecular weight is 308 g/mol. The second-order valence-corrected chi connectivity index (χ2v) is 5.81. The molecule has 0 spiro atoms. The fourth-order valence-corrected chi connectivity index (χ4v) is 2.63. The first-order valence-corrected chi connectivity index (χ1v) is 8.00. The average Bonchev–Trinajstić information content (AvgIpc) is 3.02. The van der Waals surface area contributed by atoms with Crippen LogP contribution in [0.1, 0.15) is 31.2 Å². The lowest BCUT2D eigenvalue weighted by atomic mass is 10.1. The first-order valence-electron chi connectivity index (χ1n) is 8.00. The van der Waals surface area contributed by atoms with E-state index in [4.69, 9.17) is 4.74 Å². The number of urea groups is 1. The monoisotopic (exact) mass is 308 g/mol. The van der Waals surface area contributed by atoms with Gasteiger partial charge in [-0.1, -0.05) is 12.1 Å². The van der Waals surface area contributed by atoms with Crippen LogP contribution in [0.5, 0.6) is 0 Å². The number of hydrogen-bond acceptors (Lipinski definition) is 2. The van der Waals surface area contributed by atoms with Crippen LogP contribution in [0.25, 0.3) is 0 Å². The third-order valence-corrected chi connectivity index (χ3v) is 3.99. The number of nitrogens with one attached hydrogen (secondary N) is 1. The molecule has 5 heteroatoms. The third kappa shape index (κ3) is 5.64. The van der Waals surface area contributed by atoms with Crippen LogP contribution < -0.4 is 5.32 Å². The molecule has 1 aliphatic heterocycles. The van der Waals surface area contributed by atoms with Crippen LogP contribution in [-0.4, -0.2) is 43.8 Å². The van der Waals surface area contributed by atoms with Crippen molar-refractivity contribution >= 4 is 6.03 Å². The molecule has 1 aliphatic rings. The molecule has 0 aliphatic carbocycles. The van der Waals surface area contributed by atoms with Crippen LogP contribution in [0.15, 0.2) is 24.3 Å².